The molecule has 0 spiro atoms. The molecule has 1 unspecified atom stereocenters. The number of carbonyl (C=O) groups is 2. The number of amides is 1. The Morgan fingerprint density at radius 2 is 1.58 bits per heavy atom. The lowest BCUT2D eigenvalue weighted by Crippen LogP contribution is -2.30. The molecule has 1 saturated heterocycles. The molecule has 0 radical (unpaired) electrons. The van der Waals surface area contributed by atoms with Crippen molar-refractivity contribution in [1.29, 1.82) is 0 Å². The number of aliphatic hydroxyl groups is 1. The van der Waals surface area contributed by atoms with E-state index in [1.54, 1.807) is 50.6 Å². The van der Waals surface area contributed by atoms with E-state index >= 15 is 0 Å². The van der Waals surface area contributed by atoms with Crippen molar-refractivity contribution in [3.05, 3.63) is 87.5 Å². The van der Waals surface area contributed by atoms with Crippen LogP contribution in [0.15, 0.2) is 54.1 Å². The summed E-state index contributed by atoms with van der Waals surface area (Å²) in [5.41, 5.74) is 6.14. The number of nitrogens with zero attached hydrogens (tertiary/aromatic N) is 2. The van der Waals surface area contributed by atoms with Crippen molar-refractivity contribution < 1.29 is 24.2 Å². The molecular weight excluding hydrogens is 482 g/mol. The Balaban J connectivity index is 1.74. The summed E-state index contributed by atoms with van der Waals surface area (Å²) in [5, 5.41) is 11.6. The highest BCUT2D eigenvalue weighted by atomic mass is 16.5. The fraction of sp³-hybridized carbons (Fsp3) is 0.233. The number of carbonyl (C=O) groups excluding carboxylic acids is 2. The van der Waals surface area contributed by atoms with Gasteiger partial charge < -0.3 is 19.6 Å². The molecule has 8 heteroatoms. The molecule has 194 valence electrons. The molecular formula is C30H29N3O5. The van der Waals surface area contributed by atoms with Gasteiger partial charge >= 0.3 is 5.91 Å². The van der Waals surface area contributed by atoms with Gasteiger partial charge in [-0.2, -0.15) is 0 Å². The van der Waals surface area contributed by atoms with Crippen molar-refractivity contribution in [1.82, 2.24) is 9.97 Å². The van der Waals surface area contributed by atoms with Crippen LogP contribution in [0, 0.1) is 27.7 Å². The minimum atomic E-state index is -0.912. The zero-order chi connectivity index (χ0) is 27.3. The maximum Gasteiger partial charge on any atom is 0.302 e. The molecule has 1 amide bonds. The van der Waals surface area contributed by atoms with Gasteiger partial charge in [-0.05, 0) is 91.9 Å². The Bertz CT molecular complexity index is 1590. The number of H-pyrrole nitrogens is 1. The Kier molecular flexibility index (Phi) is 6.18. The summed E-state index contributed by atoms with van der Waals surface area (Å²) in [6.45, 7) is 7.66. The predicted octanol–water partition coefficient (Wildman–Crippen LogP) is 5.44. The Hall–Kier alpha value is -4.59. The van der Waals surface area contributed by atoms with Crippen LogP contribution in [0.3, 0.4) is 0 Å². The summed E-state index contributed by atoms with van der Waals surface area (Å²) in [6.07, 6.45) is 0. The highest BCUT2D eigenvalue weighted by Crippen LogP contribution is 2.43. The molecule has 38 heavy (non-hydrogen) atoms. The summed E-state index contributed by atoms with van der Waals surface area (Å²) in [4.78, 5) is 36.3. The summed E-state index contributed by atoms with van der Waals surface area (Å²) < 4.78 is 10.7. The second-order valence-electron chi connectivity index (χ2n) is 9.59. The van der Waals surface area contributed by atoms with Crippen LogP contribution >= 0.6 is 0 Å². The smallest absolute Gasteiger partial charge is 0.302 e. The number of ether oxygens (including phenoxy) is 2. The van der Waals surface area contributed by atoms with E-state index in [1.165, 1.54) is 4.90 Å². The number of aryl methyl sites for hydroxylation is 4. The fourth-order valence-electron chi connectivity index (χ4n) is 4.93. The summed E-state index contributed by atoms with van der Waals surface area (Å²) in [5.74, 6) is -0.292. The van der Waals surface area contributed by atoms with E-state index in [4.69, 9.17) is 9.47 Å². The number of methoxy groups -OCH3 is 2. The van der Waals surface area contributed by atoms with Gasteiger partial charge in [0, 0.05) is 5.56 Å². The van der Waals surface area contributed by atoms with Gasteiger partial charge in [0.15, 0.2) is 0 Å². The molecule has 2 heterocycles. The number of imidazole rings is 1. The lowest BCUT2D eigenvalue weighted by Gasteiger charge is -2.23. The molecule has 2 N–H and O–H groups in total. The van der Waals surface area contributed by atoms with Crippen LogP contribution < -0.4 is 14.4 Å². The summed E-state index contributed by atoms with van der Waals surface area (Å²) >= 11 is 0. The van der Waals surface area contributed by atoms with Crippen LogP contribution in [0.4, 0.5) is 5.95 Å². The quantitative estimate of drug-likeness (QED) is 0.210. The molecule has 1 atom stereocenters. The number of aliphatic hydroxyl groups excluding tert-OH is 1. The van der Waals surface area contributed by atoms with Gasteiger partial charge in [0.1, 0.15) is 17.3 Å². The average Bonchev–Trinajstić information content (AvgIpc) is 3.42. The Morgan fingerprint density at radius 3 is 2.24 bits per heavy atom. The normalized spacial score (nSPS) is 16.9. The zero-order valence-electron chi connectivity index (χ0n) is 22.2. The van der Waals surface area contributed by atoms with Crippen molar-refractivity contribution in [3.8, 4) is 11.5 Å². The molecule has 0 bridgehead atoms. The van der Waals surface area contributed by atoms with Crippen molar-refractivity contribution in [2.75, 3.05) is 19.1 Å². The first-order chi connectivity index (χ1) is 18.1. The van der Waals surface area contributed by atoms with E-state index in [0.29, 0.717) is 33.7 Å². The van der Waals surface area contributed by atoms with Crippen molar-refractivity contribution in [3.63, 3.8) is 0 Å². The minimum Gasteiger partial charge on any atom is -0.507 e. The second kappa shape index (κ2) is 9.37. The number of hydrogen-bond acceptors (Lipinski definition) is 6. The minimum absolute atomic E-state index is 0.0133. The molecule has 1 fully saturated rings. The molecule has 1 aliphatic rings. The number of rotatable bonds is 5. The molecule has 1 aliphatic heterocycles. The van der Waals surface area contributed by atoms with Gasteiger partial charge in [0.25, 0.3) is 5.78 Å². The number of ketones is 1. The number of anilines is 1. The highest BCUT2D eigenvalue weighted by molar-refractivity contribution is 6.51. The number of benzene rings is 3. The topological polar surface area (TPSA) is 105 Å². The van der Waals surface area contributed by atoms with E-state index in [-0.39, 0.29) is 17.3 Å². The standard InChI is InChI=1S/C30H29N3O5/c1-15-12-22-23(13-16(15)2)32-30(31-22)33-26(19-7-9-20(37-5)10-8-19)25(28(35)29(33)36)27(34)21-11-18(4)24(38-6)14-17(21)3/h7-14,26,34H,1-6H3,(H,31,32)/b27-25+. The van der Waals surface area contributed by atoms with E-state index in [0.717, 1.165) is 22.2 Å². The van der Waals surface area contributed by atoms with E-state index < -0.39 is 17.7 Å². The van der Waals surface area contributed by atoms with Crippen molar-refractivity contribution in [2.45, 2.75) is 33.7 Å². The van der Waals surface area contributed by atoms with Gasteiger partial charge in [-0.1, -0.05) is 12.1 Å². The first kappa shape index (κ1) is 25.1. The molecule has 4 aromatic rings. The molecule has 3 aromatic carbocycles. The molecule has 8 nitrogen and oxygen atoms in total. The maximum atomic E-state index is 13.6. The summed E-state index contributed by atoms with van der Waals surface area (Å²) in [7, 11) is 3.14. The van der Waals surface area contributed by atoms with Crippen LogP contribution in [-0.2, 0) is 9.59 Å². The molecule has 0 saturated carbocycles. The molecule has 0 aliphatic carbocycles. The van der Waals surface area contributed by atoms with Gasteiger partial charge in [0.2, 0.25) is 5.95 Å². The van der Waals surface area contributed by atoms with E-state index in [1.807, 2.05) is 39.8 Å². The van der Waals surface area contributed by atoms with Gasteiger partial charge in [-0.3, -0.25) is 14.5 Å². The zero-order valence-corrected chi connectivity index (χ0v) is 22.2. The number of aromatic amines is 1. The van der Waals surface area contributed by atoms with Gasteiger partial charge in [0.05, 0.1) is 36.9 Å². The van der Waals surface area contributed by atoms with Crippen LogP contribution in [0.1, 0.15) is 39.4 Å². The second-order valence-corrected chi connectivity index (χ2v) is 9.59. The highest BCUT2D eigenvalue weighted by Gasteiger charge is 2.48. The maximum absolute atomic E-state index is 13.6. The van der Waals surface area contributed by atoms with Crippen molar-refractivity contribution in [2.24, 2.45) is 0 Å². The number of hydrogen-bond donors (Lipinski definition) is 2. The fourth-order valence-corrected chi connectivity index (χ4v) is 4.93. The van der Waals surface area contributed by atoms with Crippen LogP contribution in [0.2, 0.25) is 0 Å². The average molecular weight is 512 g/mol. The number of fused-ring (bicyclic) bond motifs is 1. The van der Waals surface area contributed by atoms with Gasteiger partial charge in [-0.15, -0.1) is 0 Å². The lowest BCUT2D eigenvalue weighted by molar-refractivity contribution is -0.132. The Labute approximate surface area is 220 Å². The Morgan fingerprint density at radius 1 is 0.895 bits per heavy atom. The van der Waals surface area contributed by atoms with E-state index in [9.17, 15) is 14.7 Å². The third-order valence-corrected chi connectivity index (χ3v) is 7.19. The van der Waals surface area contributed by atoms with Crippen LogP contribution in [-0.4, -0.2) is 41.0 Å². The SMILES string of the molecule is COc1ccc(C2/C(=C(\O)c3cc(C)c(OC)cc3C)C(=O)C(=O)N2c2nc3cc(C)c(C)cc3[nH]2)cc1. The lowest BCUT2D eigenvalue weighted by atomic mass is 9.93. The first-order valence-corrected chi connectivity index (χ1v) is 12.2. The number of aromatic nitrogens is 2. The largest absolute Gasteiger partial charge is 0.507 e. The van der Waals surface area contributed by atoms with Crippen molar-refractivity contribution >= 4 is 34.4 Å². The van der Waals surface area contributed by atoms with Crippen LogP contribution in [0.25, 0.3) is 16.8 Å². The molecule has 5 rings (SSSR count). The monoisotopic (exact) mass is 511 g/mol. The third-order valence-electron chi connectivity index (χ3n) is 7.19. The predicted molar refractivity (Wildman–Crippen MR) is 146 cm³/mol. The first-order valence-electron chi connectivity index (χ1n) is 12.2. The molecule has 1 aromatic heterocycles. The third kappa shape index (κ3) is 3.98. The van der Waals surface area contributed by atoms with Crippen LogP contribution in [0.5, 0.6) is 11.5 Å². The number of nitrogens with one attached hydrogen (secondary N) is 1. The van der Waals surface area contributed by atoms with E-state index in [2.05, 4.69) is 9.97 Å². The van der Waals surface area contributed by atoms with Gasteiger partial charge in [-0.25, -0.2) is 4.98 Å². The number of Topliss-reactive ketones (excluding diaryl/α,β-unsaturated/α-hetero) is 1. The summed E-state index contributed by atoms with van der Waals surface area (Å²) in [6, 6.07) is 13.6.